The van der Waals surface area contributed by atoms with E-state index < -0.39 is 0 Å². The van der Waals surface area contributed by atoms with Crippen LogP contribution in [0.1, 0.15) is 226 Å². The Morgan fingerprint density at radius 2 is 1.06 bits per heavy atom. The SMILES string of the molecule is CC1CC2=C(CC[CH-]C2)C1.CC1CCCC1.CCCCC([CH-]CP(C1CCCCC1)C1CCCCC1)P(C1CCCCC1)C1CCCCC1.[Fe+2]. The van der Waals surface area contributed by atoms with Crippen LogP contribution in [0.15, 0.2) is 11.1 Å². The molecule has 0 nitrogen and oxygen atoms in total. The van der Waals surface area contributed by atoms with Crippen molar-refractivity contribution in [2.75, 3.05) is 6.16 Å². The average Bonchev–Trinajstić information content (AvgIpc) is 3.80. The Labute approximate surface area is 327 Å². The first-order chi connectivity index (χ1) is 24.1. The van der Waals surface area contributed by atoms with Gasteiger partial charge >= 0.3 is 17.1 Å². The molecule has 2 unspecified atom stereocenters. The molecule has 2 atom stereocenters. The van der Waals surface area contributed by atoms with E-state index in [-0.39, 0.29) is 32.9 Å². The van der Waals surface area contributed by atoms with Crippen molar-refractivity contribution in [1.82, 2.24) is 0 Å². The molecule has 0 aliphatic heterocycles. The van der Waals surface area contributed by atoms with E-state index >= 15 is 0 Å². The van der Waals surface area contributed by atoms with Gasteiger partial charge in [-0.15, -0.1) is 27.1 Å². The summed E-state index contributed by atoms with van der Waals surface area (Å²) in [7, 11) is 0.468. The second-order valence-electron chi connectivity index (χ2n) is 18.4. The first-order valence-electron chi connectivity index (χ1n) is 23.0. The summed E-state index contributed by atoms with van der Waals surface area (Å²) < 4.78 is 0. The minimum Gasteiger partial charge on any atom is -0.324 e. The maximum Gasteiger partial charge on any atom is 2.00 e. The van der Waals surface area contributed by atoms with Crippen LogP contribution in [0.2, 0.25) is 0 Å². The number of unbranched alkanes of at least 4 members (excludes halogenated alkanes) is 1. The number of allylic oxidation sites excluding steroid dienone is 2. The van der Waals surface area contributed by atoms with Crippen LogP contribution in [0, 0.1) is 24.7 Å². The third kappa shape index (κ3) is 14.6. The normalized spacial score (nSPS) is 26.9. The molecule has 7 aliphatic rings. The Morgan fingerprint density at radius 1 is 0.600 bits per heavy atom. The van der Waals surface area contributed by atoms with Crippen molar-refractivity contribution in [3.8, 4) is 0 Å². The van der Waals surface area contributed by atoms with Crippen molar-refractivity contribution in [2.45, 2.75) is 255 Å². The summed E-state index contributed by atoms with van der Waals surface area (Å²) in [5.41, 5.74) is 9.12. The average molecular weight is 767 g/mol. The van der Waals surface area contributed by atoms with E-state index in [1.165, 1.54) is 96.3 Å². The fourth-order valence-corrected chi connectivity index (χ4v) is 19.8. The van der Waals surface area contributed by atoms with Gasteiger partial charge < -0.3 is 12.8 Å². The fraction of sp³-hybridized carbons (Fsp3) is 0.915. The van der Waals surface area contributed by atoms with E-state index in [9.17, 15) is 0 Å². The van der Waals surface area contributed by atoms with Gasteiger partial charge in [0.1, 0.15) is 0 Å². The summed E-state index contributed by atoms with van der Waals surface area (Å²) in [5, 5.41) is 0. The van der Waals surface area contributed by atoms with E-state index in [0.29, 0.717) is 0 Å². The Bertz CT molecular complexity index is 831. The van der Waals surface area contributed by atoms with Crippen LogP contribution in [0.4, 0.5) is 0 Å². The number of hydrogen-bond donors (Lipinski definition) is 0. The van der Waals surface area contributed by atoms with Gasteiger partial charge in [-0.05, 0) is 98.7 Å². The molecule has 5 fully saturated rings. The molecular formula is C47H84FeP2. The molecule has 0 bridgehead atoms. The summed E-state index contributed by atoms with van der Waals surface area (Å²) in [4.78, 5) is 0. The smallest absolute Gasteiger partial charge is 0.324 e. The van der Waals surface area contributed by atoms with Crippen LogP contribution >= 0.6 is 15.8 Å². The molecule has 0 amide bonds. The standard InChI is InChI=1S/C31H57P2.C10H15.C6H12.Fe/c1-2-3-16-31(33(29-21-12-6-13-22-29)30-23-14-7-15-24-30)25-26-32(27-17-8-4-9-18-27)28-19-10-5-11-20-28;1-8-6-9-4-2-3-5-10(9)7-8;1-6-4-2-3-5-6;/h25,27-31H,2-24,26H2,1H3;2,8H,3-7H2,1H3;6H,2-5H2,1H3;/q2*-1;;+2. The van der Waals surface area contributed by atoms with Gasteiger partial charge in [-0.1, -0.05) is 155 Å². The van der Waals surface area contributed by atoms with Crippen LogP contribution < -0.4 is 0 Å². The van der Waals surface area contributed by atoms with Gasteiger partial charge in [-0.2, -0.15) is 19.0 Å². The van der Waals surface area contributed by atoms with Crippen LogP contribution in [-0.2, 0) is 17.1 Å². The molecule has 0 aromatic carbocycles. The van der Waals surface area contributed by atoms with Gasteiger partial charge in [-0.25, -0.2) is 0 Å². The van der Waals surface area contributed by atoms with Crippen LogP contribution in [-0.4, -0.2) is 34.5 Å². The van der Waals surface area contributed by atoms with Gasteiger partial charge in [-0.3, -0.25) is 0 Å². The van der Waals surface area contributed by atoms with Gasteiger partial charge in [0.2, 0.25) is 0 Å². The molecule has 0 aromatic heterocycles. The first kappa shape index (κ1) is 43.8. The molecule has 290 valence electrons. The molecule has 0 spiro atoms. The second kappa shape index (κ2) is 25.3. The van der Waals surface area contributed by atoms with Gasteiger partial charge in [0.25, 0.3) is 0 Å². The van der Waals surface area contributed by atoms with Crippen molar-refractivity contribution in [2.24, 2.45) is 11.8 Å². The van der Waals surface area contributed by atoms with Crippen molar-refractivity contribution in [1.29, 1.82) is 0 Å². The quantitative estimate of drug-likeness (QED) is 0.0850. The van der Waals surface area contributed by atoms with Gasteiger partial charge in [0, 0.05) is 0 Å². The van der Waals surface area contributed by atoms with Crippen molar-refractivity contribution in [3.63, 3.8) is 0 Å². The van der Waals surface area contributed by atoms with E-state index in [0.717, 1.165) is 40.1 Å². The van der Waals surface area contributed by atoms with E-state index in [2.05, 4.69) is 33.6 Å². The summed E-state index contributed by atoms with van der Waals surface area (Å²) in [5.74, 6) is 2.00. The molecule has 0 heterocycles. The van der Waals surface area contributed by atoms with E-state index in [1.807, 2.05) is 0 Å². The minimum absolute atomic E-state index is 0. The molecule has 7 rings (SSSR count). The third-order valence-electron chi connectivity index (χ3n) is 14.3. The third-order valence-corrected chi connectivity index (χ3v) is 21.8. The molecule has 3 heteroatoms. The minimum atomic E-state index is 0. The van der Waals surface area contributed by atoms with Crippen molar-refractivity contribution in [3.05, 3.63) is 24.0 Å². The summed E-state index contributed by atoms with van der Waals surface area (Å²) in [6, 6.07) is 0. The summed E-state index contributed by atoms with van der Waals surface area (Å²) in [6.07, 6.45) is 55.6. The Morgan fingerprint density at radius 3 is 1.50 bits per heavy atom. The predicted molar refractivity (Wildman–Crippen MR) is 225 cm³/mol. The van der Waals surface area contributed by atoms with E-state index in [1.54, 1.807) is 126 Å². The molecular weight excluding hydrogens is 682 g/mol. The zero-order chi connectivity index (χ0) is 34.1. The zero-order valence-electron chi connectivity index (χ0n) is 33.8. The van der Waals surface area contributed by atoms with Crippen LogP contribution in [0.5, 0.6) is 0 Å². The topological polar surface area (TPSA) is 0 Å². The monoisotopic (exact) mass is 767 g/mol. The maximum absolute atomic E-state index is 3.08. The number of rotatable bonds is 11. The largest absolute Gasteiger partial charge is 2.00 e. The van der Waals surface area contributed by atoms with Crippen molar-refractivity contribution >= 4 is 15.8 Å². The maximum atomic E-state index is 3.08. The molecule has 50 heavy (non-hydrogen) atoms. The molecule has 0 saturated heterocycles. The molecule has 5 saturated carbocycles. The van der Waals surface area contributed by atoms with Gasteiger partial charge in [0.05, 0.1) is 0 Å². The second-order valence-corrected chi connectivity index (χ2v) is 24.3. The summed E-state index contributed by atoms with van der Waals surface area (Å²) >= 11 is 0. The fourth-order valence-electron chi connectivity index (χ4n) is 11.5. The molecule has 7 aliphatic carbocycles. The summed E-state index contributed by atoms with van der Waals surface area (Å²) in [6.45, 7) is 7.16. The van der Waals surface area contributed by atoms with Crippen LogP contribution in [0.3, 0.4) is 0 Å². The number of hydrogen-bond acceptors (Lipinski definition) is 0. The Kier molecular flexibility index (Phi) is 22.2. The Balaban J connectivity index is 0.000000268. The zero-order valence-corrected chi connectivity index (χ0v) is 36.7. The van der Waals surface area contributed by atoms with Gasteiger partial charge in [0.15, 0.2) is 0 Å². The Hall–Kier alpha value is 1.12. The van der Waals surface area contributed by atoms with E-state index in [4.69, 9.17) is 0 Å². The predicted octanol–water partition coefficient (Wildman–Crippen LogP) is 16.3. The molecule has 0 N–H and O–H groups in total. The first-order valence-corrected chi connectivity index (χ1v) is 26.2. The van der Waals surface area contributed by atoms with Crippen molar-refractivity contribution < 1.29 is 17.1 Å². The molecule has 0 aromatic rings. The van der Waals surface area contributed by atoms with Crippen LogP contribution in [0.25, 0.3) is 0 Å². The molecule has 0 radical (unpaired) electrons.